The number of hydrogen-bond donors (Lipinski definition) is 0. The molecular weight excluding hydrogens is 348 g/mol. The van der Waals surface area contributed by atoms with E-state index in [-0.39, 0.29) is 6.61 Å². The van der Waals surface area contributed by atoms with E-state index >= 15 is 0 Å². The average molecular weight is 367 g/mol. The van der Waals surface area contributed by atoms with Gasteiger partial charge in [0.25, 0.3) is 0 Å². The van der Waals surface area contributed by atoms with Gasteiger partial charge in [-0.15, -0.1) is 0 Å². The highest BCUT2D eigenvalue weighted by Gasteiger charge is 2.09. The lowest BCUT2D eigenvalue weighted by atomic mass is 10.1. The summed E-state index contributed by atoms with van der Waals surface area (Å²) in [4.78, 5) is 12.0. The van der Waals surface area contributed by atoms with Crippen LogP contribution >= 0.6 is 11.6 Å². The van der Waals surface area contributed by atoms with Crippen molar-refractivity contribution in [2.75, 3.05) is 6.61 Å². The molecule has 0 aliphatic rings. The zero-order chi connectivity index (χ0) is 18.5. The molecule has 0 amide bonds. The molecule has 0 heterocycles. The second-order valence-electron chi connectivity index (χ2n) is 6.02. The van der Waals surface area contributed by atoms with Crippen molar-refractivity contribution in [1.82, 2.24) is 0 Å². The average Bonchev–Trinajstić information content (AvgIpc) is 2.65. The summed E-state index contributed by atoms with van der Waals surface area (Å²) in [6, 6.07) is 21.0. The molecule has 26 heavy (non-hydrogen) atoms. The zero-order valence-electron chi connectivity index (χ0n) is 14.7. The summed E-state index contributed by atoms with van der Waals surface area (Å²) in [7, 11) is 0. The van der Waals surface area contributed by atoms with Gasteiger partial charge >= 0.3 is 5.97 Å². The molecule has 0 N–H and O–H groups in total. The van der Waals surface area contributed by atoms with Crippen LogP contribution < -0.4 is 9.47 Å². The van der Waals surface area contributed by atoms with Gasteiger partial charge in [-0.3, -0.25) is 0 Å². The van der Waals surface area contributed by atoms with Crippen molar-refractivity contribution in [1.29, 1.82) is 0 Å². The largest absolute Gasteiger partial charge is 0.482 e. The van der Waals surface area contributed by atoms with Crippen LogP contribution in [0.3, 0.4) is 0 Å². The first-order valence-electron chi connectivity index (χ1n) is 8.28. The van der Waals surface area contributed by atoms with E-state index < -0.39 is 5.97 Å². The smallest absolute Gasteiger partial charge is 0.349 e. The van der Waals surface area contributed by atoms with Crippen LogP contribution in [0.15, 0.2) is 66.7 Å². The highest BCUT2D eigenvalue weighted by atomic mass is 35.5. The Morgan fingerprint density at radius 2 is 1.42 bits per heavy atom. The van der Waals surface area contributed by atoms with Gasteiger partial charge in [0.05, 0.1) is 0 Å². The molecule has 0 spiro atoms. The lowest BCUT2D eigenvalue weighted by Crippen LogP contribution is -2.17. The van der Waals surface area contributed by atoms with Gasteiger partial charge in [-0.1, -0.05) is 54.1 Å². The van der Waals surface area contributed by atoms with Crippen molar-refractivity contribution < 1.29 is 14.3 Å². The van der Waals surface area contributed by atoms with E-state index in [1.54, 1.807) is 24.3 Å². The number of carbonyl (C=O) groups is 1. The standard InChI is InChI=1S/C22H19ClO3/c1-15-12-20(13-16(2)22(15)23)25-14-21(24)26-19-10-8-18(9-11-19)17-6-4-3-5-7-17/h3-13H,14H2,1-2H3. The topological polar surface area (TPSA) is 35.5 Å². The minimum atomic E-state index is -0.456. The highest BCUT2D eigenvalue weighted by molar-refractivity contribution is 6.32. The van der Waals surface area contributed by atoms with E-state index in [0.29, 0.717) is 16.5 Å². The minimum Gasteiger partial charge on any atom is -0.482 e. The van der Waals surface area contributed by atoms with Crippen molar-refractivity contribution in [2.24, 2.45) is 0 Å². The molecule has 0 aromatic heterocycles. The molecule has 0 bridgehead atoms. The number of esters is 1. The maximum atomic E-state index is 12.0. The molecule has 3 nitrogen and oxygen atoms in total. The Morgan fingerprint density at radius 1 is 0.846 bits per heavy atom. The van der Waals surface area contributed by atoms with E-state index in [1.807, 2.05) is 56.3 Å². The number of rotatable bonds is 5. The summed E-state index contributed by atoms with van der Waals surface area (Å²) in [6.45, 7) is 3.63. The Morgan fingerprint density at radius 3 is 2.04 bits per heavy atom. The molecule has 0 aliphatic carbocycles. The van der Waals surface area contributed by atoms with Crippen LogP contribution in [0.25, 0.3) is 11.1 Å². The molecule has 0 unspecified atom stereocenters. The first-order chi connectivity index (χ1) is 12.5. The lowest BCUT2D eigenvalue weighted by Gasteiger charge is -2.10. The normalized spacial score (nSPS) is 10.4. The molecule has 4 heteroatoms. The number of benzene rings is 3. The van der Waals surface area contributed by atoms with E-state index in [9.17, 15) is 4.79 Å². The molecule has 132 valence electrons. The summed E-state index contributed by atoms with van der Waals surface area (Å²) >= 11 is 6.13. The first-order valence-corrected chi connectivity index (χ1v) is 8.66. The molecule has 0 fully saturated rings. The van der Waals surface area contributed by atoms with Crippen LogP contribution in [0, 0.1) is 13.8 Å². The third-order valence-electron chi connectivity index (χ3n) is 3.96. The quantitative estimate of drug-likeness (QED) is 0.435. The summed E-state index contributed by atoms with van der Waals surface area (Å²) in [5.41, 5.74) is 3.99. The Balaban J connectivity index is 1.58. The lowest BCUT2D eigenvalue weighted by molar-refractivity contribution is -0.136. The van der Waals surface area contributed by atoms with E-state index in [4.69, 9.17) is 21.1 Å². The minimum absolute atomic E-state index is 0.166. The van der Waals surface area contributed by atoms with Crippen LogP contribution in [0.2, 0.25) is 5.02 Å². The summed E-state index contributed by atoms with van der Waals surface area (Å²) in [5, 5.41) is 0.707. The summed E-state index contributed by atoms with van der Waals surface area (Å²) in [5.74, 6) is 0.630. The fourth-order valence-electron chi connectivity index (χ4n) is 2.64. The van der Waals surface area contributed by atoms with Gasteiger partial charge in [0, 0.05) is 5.02 Å². The van der Waals surface area contributed by atoms with Crippen LogP contribution in [0.5, 0.6) is 11.5 Å². The SMILES string of the molecule is Cc1cc(OCC(=O)Oc2ccc(-c3ccccc3)cc2)cc(C)c1Cl. The monoisotopic (exact) mass is 366 g/mol. The number of carbonyl (C=O) groups excluding carboxylic acids is 1. The predicted octanol–water partition coefficient (Wildman–Crippen LogP) is 5.61. The number of hydrogen-bond acceptors (Lipinski definition) is 3. The molecule has 3 rings (SSSR count). The van der Waals surface area contributed by atoms with Crippen molar-refractivity contribution in [3.05, 3.63) is 82.9 Å². The predicted molar refractivity (Wildman–Crippen MR) is 104 cm³/mol. The second kappa shape index (κ2) is 8.07. The van der Waals surface area contributed by atoms with Gasteiger partial charge < -0.3 is 9.47 Å². The number of aryl methyl sites for hydroxylation is 2. The number of halogens is 1. The maximum Gasteiger partial charge on any atom is 0.349 e. The fraction of sp³-hybridized carbons (Fsp3) is 0.136. The second-order valence-corrected chi connectivity index (χ2v) is 6.40. The van der Waals surface area contributed by atoms with Gasteiger partial charge in [-0.25, -0.2) is 4.79 Å². The van der Waals surface area contributed by atoms with Gasteiger partial charge in [-0.2, -0.15) is 0 Å². The van der Waals surface area contributed by atoms with Crippen LogP contribution in [0.4, 0.5) is 0 Å². The van der Waals surface area contributed by atoms with E-state index in [2.05, 4.69) is 0 Å². The Labute approximate surface area is 158 Å². The fourth-order valence-corrected chi connectivity index (χ4v) is 2.75. The highest BCUT2D eigenvalue weighted by Crippen LogP contribution is 2.26. The summed E-state index contributed by atoms with van der Waals surface area (Å²) in [6.07, 6.45) is 0. The van der Waals surface area contributed by atoms with Gasteiger partial charge in [0.15, 0.2) is 6.61 Å². The Bertz CT molecular complexity index is 879. The maximum absolute atomic E-state index is 12.0. The van der Waals surface area contributed by atoms with Crippen molar-refractivity contribution >= 4 is 17.6 Å². The third kappa shape index (κ3) is 4.44. The molecule has 3 aromatic rings. The molecule has 0 saturated carbocycles. The molecular formula is C22H19ClO3. The number of ether oxygens (including phenoxy) is 2. The van der Waals surface area contributed by atoms with Crippen molar-refractivity contribution in [3.8, 4) is 22.6 Å². The van der Waals surface area contributed by atoms with Gasteiger partial charge in [-0.05, 0) is 60.4 Å². The first kappa shape index (κ1) is 18.0. The van der Waals surface area contributed by atoms with E-state index in [0.717, 1.165) is 22.3 Å². The summed E-state index contributed by atoms with van der Waals surface area (Å²) < 4.78 is 10.8. The molecule has 0 atom stereocenters. The van der Waals surface area contributed by atoms with Crippen LogP contribution in [0.1, 0.15) is 11.1 Å². The van der Waals surface area contributed by atoms with Crippen LogP contribution in [-0.2, 0) is 4.79 Å². The van der Waals surface area contributed by atoms with Gasteiger partial charge in [0.2, 0.25) is 0 Å². The molecule has 0 radical (unpaired) electrons. The Kier molecular flexibility index (Phi) is 5.59. The van der Waals surface area contributed by atoms with Crippen molar-refractivity contribution in [2.45, 2.75) is 13.8 Å². The van der Waals surface area contributed by atoms with E-state index in [1.165, 1.54) is 0 Å². The molecule has 0 aliphatic heterocycles. The van der Waals surface area contributed by atoms with Crippen molar-refractivity contribution in [3.63, 3.8) is 0 Å². The zero-order valence-corrected chi connectivity index (χ0v) is 15.4. The van der Waals surface area contributed by atoms with Gasteiger partial charge in [0.1, 0.15) is 11.5 Å². The Hall–Kier alpha value is -2.78. The molecule has 0 saturated heterocycles. The third-order valence-corrected chi connectivity index (χ3v) is 4.56. The van der Waals surface area contributed by atoms with Crippen LogP contribution in [-0.4, -0.2) is 12.6 Å². The molecule has 3 aromatic carbocycles.